The molecular weight excluding hydrogens is 570 g/mol. The number of guanidine groups is 1. The van der Waals surface area contributed by atoms with Crippen molar-refractivity contribution in [2.45, 2.75) is 63.8 Å². The third-order valence-electron chi connectivity index (χ3n) is 8.47. The molecular formula is C31H43N5O6S. The van der Waals surface area contributed by atoms with Crippen molar-refractivity contribution >= 4 is 45.0 Å². The van der Waals surface area contributed by atoms with E-state index in [1.807, 2.05) is 45.0 Å². The molecule has 11 nitrogen and oxygen atoms in total. The van der Waals surface area contributed by atoms with E-state index in [0.717, 1.165) is 36.5 Å². The minimum atomic E-state index is -4.10. The highest BCUT2D eigenvalue weighted by Crippen LogP contribution is 2.50. The van der Waals surface area contributed by atoms with Crippen molar-refractivity contribution in [2.75, 3.05) is 26.2 Å². The highest BCUT2D eigenvalue weighted by atomic mass is 32.2. The van der Waals surface area contributed by atoms with Gasteiger partial charge in [0.15, 0.2) is 0 Å². The van der Waals surface area contributed by atoms with Gasteiger partial charge in [0.2, 0.25) is 21.9 Å². The third kappa shape index (κ3) is 7.72. The zero-order chi connectivity index (χ0) is 31.2. The smallest absolute Gasteiger partial charge is 0.413 e. The number of carbonyl (C=O) groups excluding carboxylic acids is 3. The molecule has 3 unspecified atom stereocenters. The number of benzene rings is 2. The minimum absolute atomic E-state index is 0.00395. The average molecular weight is 614 g/mol. The number of hydrogen-bond donors (Lipinski definition) is 4. The molecule has 43 heavy (non-hydrogen) atoms. The normalized spacial score (nSPS) is 19.3. The molecule has 2 aromatic rings. The van der Waals surface area contributed by atoms with Gasteiger partial charge in [-0.15, -0.1) is 0 Å². The van der Waals surface area contributed by atoms with E-state index in [1.165, 1.54) is 6.07 Å². The quantitative estimate of drug-likeness (QED) is 0.162. The van der Waals surface area contributed by atoms with Gasteiger partial charge in [0.05, 0.1) is 23.0 Å². The van der Waals surface area contributed by atoms with Gasteiger partial charge in [-0.1, -0.05) is 51.1 Å². The van der Waals surface area contributed by atoms with Crippen LogP contribution in [-0.4, -0.2) is 69.8 Å². The molecule has 1 saturated carbocycles. The Hall–Kier alpha value is -3.51. The van der Waals surface area contributed by atoms with Crippen LogP contribution < -0.4 is 15.4 Å². The fourth-order valence-corrected chi connectivity index (χ4v) is 7.23. The number of carbonyl (C=O) groups is 3. The zero-order valence-corrected chi connectivity index (χ0v) is 25.9. The molecule has 4 rings (SSSR count). The molecule has 234 valence electrons. The van der Waals surface area contributed by atoms with Crippen LogP contribution in [0.4, 0.5) is 4.79 Å². The number of nitrogens with zero attached hydrogens (tertiary/aromatic N) is 1. The summed E-state index contributed by atoms with van der Waals surface area (Å²) in [5, 5.41) is 15.4. The van der Waals surface area contributed by atoms with Gasteiger partial charge in [-0.05, 0) is 72.8 Å². The van der Waals surface area contributed by atoms with Gasteiger partial charge in [-0.2, -0.15) is 4.72 Å². The zero-order valence-electron chi connectivity index (χ0n) is 25.1. The first-order chi connectivity index (χ1) is 20.5. The molecule has 2 fully saturated rings. The summed E-state index contributed by atoms with van der Waals surface area (Å²) in [4.78, 5) is 40.1. The first-order valence-corrected chi connectivity index (χ1v) is 16.5. The molecule has 0 bridgehead atoms. The number of ether oxygens (including phenoxy) is 1. The number of nitrogens with one attached hydrogen (secondary N) is 4. The largest absolute Gasteiger partial charge is 0.449 e. The maximum Gasteiger partial charge on any atom is 0.413 e. The van der Waals surface area contributed by atoms with E-state index in [-0.39, 0.29) is 47.5 Å². The van der Waals surface area contributed by atoms with Gasteiger partial charge >= 0.3 is 6.09 Å². The summed E-state index contributed by atoms with van der Waals surface area (Å²) >= 11 is 0. The molecule has 2 amide bonds. The summed E-state index contributed by atoms with van der Waals surface area (Å²) in [6, 6.07) is 11.0. The summed E-state index contributed by atoms with van der Waals surface area (Å²) in [5.74, 6) is -0.330. The van der Waals surface area contributed by atoms with Gasteiger partial charge in [-0.25, -0.2) is 13.2 Å². The van der Waals surface area contributed by atoms with Crippen molar-refractivity contribution in [1.82, 2.24) is 20.3 Å². The first-order valence-electron chi connectivity index (χ1n) is 15.0. The Morgan fingerprint density at radius 1 is 1.14 bits per heavy atom. The Morgan fingerprint density at radius 3 is 2.51 bits per heavy atom. The second-order valence-electron chi connectivity index (χ2n) is 12.0. The predicted octanol–water partition coefficient (Wildman–Crippen LogP) is 3.64. The number of amides is 2. The van der Waals surface area contributed by atoms with Gasteiger partial charge < -0.3 is 19.7 Å². The summed E-state index contributed by atoms with van der Waals surface area (Å²) in [5.41, 5.74) is -1.23. The number of piperidine rings is 1. The van der Waals surface area contributed by atoms with Crippen LogP contribution >= 0.6 is 0 Å². The van der Waals surface area contributed by atoms with E-state index in [4.69, 9.17) is 10.1 Å². The lowest BCUT2D eigenvalue weighted by atomic mass is 9.73. The molecule has 1 aliphatic carbocycles. The molecule has 2 aliphatic rings. The minimum Gasteiger partial charge on any atom is -0.449 e. The molecule has 0 spiro atoms. The maximum atomic E-state index is 13.9. The van der Waals surface area contributed by atoms with Crippen molar-refractivity contribution < 1.29 is 27.5 Å². The second kappa shape index (κ2) is 13.9. The highest BCUT2D eigenvalue weighted by Gasteiger charge is 2.55. The topological polar surface area (TPSA) is 158 Å². The SMILES string of the molecule is CCC(C(=O)NCC1CCCN(C(=N)NC(=O)OCC(C)C)C1)(C1CC1)C(C=O)NS(=O)(=O)c1ccc2ccccc2c1. The van der Waals surface area contributed by atoms with Crippen LogP contribution in [0.25, 0.3) is 10.8 Å². The molecule has 1 heterocycles. The Balaban J connectivity index is 1.42. The number of aldehydes is 1. The number of fused-ring (bicyclic) bond motifs is 1. The summed E-state index contributed by atoms with van der Waals surface area (Å²) in [6.07, 6.45) is 3.22. The Kier molecular flexibility index (Phi) is 10.4. The van der Waals surface area contributed by atoms with Crippen LogP contribution in [0.2, 0.25) is 0 Å². The Labute approximate surface area is 253 Å². The fourth-order valence-electron chi connectivity index (χ4n) is 5.96. The van der Waals surface area contributed by atoms with E-state index in [2.05, 4.69) is 15.4 Å². The Bertz CT molecular complexity index is 1440. The lowest BCUT2D eigenvalue weighted by Crippen LogP contribution is -2.58. The highest BCUT2D eigenvalue weighted by molar-refractivity contribution is 7.89. The Morgan fingerprint density at radius 2 is 1.86 bits per heavy atom. The van der Waals surface area contributed by atoms with Crippen LogP contribution in [-0.2, 0) is 24.3 Å². The third-order valence-corrected chi connectivity index (χ3v) is 9.91. The van der Waals surface area contributed by atoms with E-state index < -0.39 is 27.6 Å². The van der Waals surface area contributed by atoms with Crippen molar-refractivity contribution in [3.05, 3.63) is 42.5 Å². The molecule has 1 aliphatic heterocycles. The van der Waals surface area contributed by atoms with Gasteiger partial charge in [0.1, 0.15) is 6.29 Å². The number of likely N-dealkylation sites (tertiary alicyclic amines) is 1. The van der Waals surface area contributed by atoms with Crippen molar-refractivity contribution in [1.29, 1.82) is 5.41 Å². The molecule has 12 heteroatoms. The second-order valence-corrected chi connectivity index (χ2v) is 13.8. The molecule has 2 aromatic carbocycles. The molecule has 1 saturated heterocycles. The molecule has 0 aromatic heterocycles. The molecule has 0 radical (unpaired) electrons. The van der Waals surface area contributed by atoms with Crippen LogP contribution in [0.3, 0.4) is 0 Å². The average Bonchev–Trinajstić information content (AvgIpc) is 3.85. The van der Waals surface area contributed by atoms with E-state index in [9.17, 15) is 22.8 Å². The van der Waals surface area contributed by atoms with Gasteiger partial charge in [0, 0.05) is 19.6 Å². The number of alkyl carbamates (subject to hydrolysis) is 1. The standard InChI is InChI=1S/C31H43N5O6S/c1-4-31(25-12-13-25,27(19-37)35-43(40,41)26-14-11-23-9-5-6-10-24(23)16-26)28(38)33-17-22-8-7-15-36(18-22)29(32)34-30(39)42-20-21(2)3/h5-6,9-11,14,16,19,21-22,25,27,35H,4,7-8,12-13,15,17-18,20H2,1-3H3,(H,33,38)(H2,32,34,39). The number of hydrogen-bond acceptors (Lipinski definition) is 7. The lowest BCUT2D eigenvalue weighted by Gasteiger charge is -2.38. The van der Waals surface area contributed by atoms with Gasteiger partial charge in [0.25, 0.3) is 0 Å². The predicted molar refractivity (Wildman–Crippen MR) is 164 cm³/mol. The van der Waals surface area contributed by atoms with Crippen LogP contribution in [0.15, 0.2) is 47.4 Å². The van der Waals surface area contributed by atoms with Crippen molar-refractivity contribution in [2.24, 2.45) is 23.2 Å². The molecule has 3 atom stereocenters. The maximum absolute atomic E-state index is 13.9. The van der Waals surface area contributed by atoms with E-state index >= 15 is 0 Å². The van der Waals surface area contributed by atoms with Crippen LogP contribution in [0.5, 0.6) is 0 Å². The van der Waals surface area contributed by atoms with Crippen molar-refractivity contribution in [3.63, 3.8) is 0 Å². The van der Waals surface area contributed by atoms with Crippen LogP contribution in [0, 0.1) is 28.6 Å². The number of rotatable bonds is 12. The lowest BCUT2D eigenvalue weighted by molar-refractivity contribution is -0.137. The fraction of sp³-hybridized carbons (Fsp3) is 0.548. The monoisotopic (exact) mass is 613 g/mol. The first kappa shape index (κ1) is 32.4. The summed E-state index contributed by atoms with van der Waals surface area (Å²) in [6.45, 7) is 7.28. The summed E-state index contributed by atoms with van der Waals surface area (Å²) in [7, 11) is -4.10. The van der Waals surface area contributed by atoms with E-state index in [0.29, 0.717) is 25.9 Å². The van der Waals surface area contributed by atoms with E-state index in [1.54, 1.807) is 17.0 Å². The van der Waals surface area contributed by atoms with Crippen molar-refractivity contribution in [3.8, 4) is 0 Å². The van der Waals surface area contributed by atoms with Gasteiger partial charge in [-0.3, -0.25) is 15.5 Å². The number of sulfonamides is 1. The summed E-state index contributed by atoms with van der Waals surface area (Å²) < 4.78 is 34.6. The molecule has 4 N–H and O–H groups in total. The van der Waals surface area contributed by atoms with Crippen LogP contribution in [0.1, 0.15) is 52.9 Å².